The van der Waals surface area contributed by atoms with Gasteiger partial charge in [0, 0.05) is 5.56 Å². The largest absolute Gasteiger partial charge is 0.493 e. The molecule has 1 amide bonds. The van der Waals surface area contributed by atoms with E-state index in [1.807, 2.05) is 0 Å². The molecule has 12 nitrogen and oxygen atoms in total. The molecule has 0 bridgehead atoms. The Balaban J connectivity index is 1.83. The number of aromatic nitrogens is 4. The number of ether oxygens (including phenoxy) is 3. The van der Waals surface area contributed by atoms with Gasteiger partial charge in [-0.05, 0) is 52.8 Å². The van der Waals surface area contributed by atoms with E-state index in [1.54, 1.807) is 52.8 Å². The van der Waals surface area contributed by atoms with Crippen molar-refractivity contribution in [1.82, 2.24) is 25.2 Å². The Kier molecular flexibility index (Phi) is 6.47. The van der Waals surface area contributed by atoms with Crippen molar-refractivity contribution in [2.45, 2.75) is 52.3 Å². The second-order valence-electron chi connectivity index (χ2n) is 8.69. The van der Waals surface area contributed by atoms with Gasteiger partial charge in [-0.25, -0.2) is 14.2 Å². The van der Waals surface area contributed by atoms with Crippen molar-refractivity contribution in [3.8, 4) is 22.9 Å². The standard InChI is InChI=1S/C21H27N5O7/c1-20(2,3)31-18(27)23-21(4,5)17-22-15(32-25-17)11-26-16(24-33-19(26)28)12-8-9-13(29-6)14(10-12)30-7/h8-10H,11H2,1-7H3,(H,23,27). The molecule has 0 saturated carbocycles. The highest BCUT2D eigenvalue weighted by Crippen LogP contribution is 2.31. The highest BCUT2D eigenvalue weighted by molar-refractivity contribution is 5.68. The Bertz CT molecular complexity index is 1190. The van der Waals surface area contributed by atoms with Crippen LogP contribution < -0.4 is 20.5 Å². The number of benzene rings is 1. The van der Waals surface area contributed by atoms with E-state index in [9.17, 15) is 9.59 Å². The fourth-order valence-corrected chi connectivity index (χ4v) is 2.91. The summed E-state index contributed by atoms with van der Waals surface area (Å²) >= 11 is 0. The molecule has 2 aromatic heterocycles. The van der Waals surface area contributed by atoms with Gasteiger partial charge in [0.05, 0.1) is 14.2 Å². The minimum atomic E-state index is -0.990. The molecule has 12 heteroatoms. The summed E-state index contributed by atoms with van der Waals surface area (Å²) in [6.07, 6.45) is -0.621. The summed E-state index contributed by atoms with van der Waals surface area (Å²) < 4.78 is 27.2. The molecule has 0 fully saturated rings. The molecule has 0 unspecified atom stereocenters. The van der Waals surface area contributed by atoms with E-state index in [1.165, 1.54) is 18.8 Å². The predicted octanol–water partition coefficient (Wildman–Crippen LogP) is 2.71. The van der Waals surface area contributed by atoms with E-state index >= 15 is 0 Å². The number of nitrogens with one attached hydrogen (secondary N) is 1. The van der Waals surface area contributed by atoms with E-state index in [0.29, 0.717) is 17.1 Å². The zero-order valence-corrected chi connectivity index (χ0v) is 19.6. The van der Waals surface area contributed by atoms with Crippen molar-refractivity contribution in [3.05, 3.63) is 40.5 Å². The Morgan fingerprint density at radius 1 is 1.06 bits per heavy atom. The van der Waals surface area contributed by atoms with Gasteiger partial charge >= 0.3 is 11.8 Å². The molecule has 0 atom stereocenters. The van der Waals surface area contributed by atoms with Crippen molar-refractivity contribution in [1.29, 1.82) is 0 Å². The first-order chi connectivity index (χ1) is 15.4. The Morgan fingerprint density at radius 3 is 2.39 bits per heavy atom. The van der Waals surface area contributed by atoms with Gasteiger partial charge in [-0.1, -0.05) is 10.3 Å². The van der Waals surface area contributed by atoms with Crippen molar-refractivity contribution in [3.63, 3.8) is 0 Å². The first kappa shape index (κ1) is 23.8. The maximum atomic E-state index is 12.3. The predicted molar refractivity (Wildman–Crippen MR) is 115 cm³/mol. The first-order valence-corrected chi connectivity index (χ1v) is 10.1. The molecule has 178 valence electrons. The summed E-state index contributed by atoms with van der Waals surface area (Å²) in [5, 5.41) is 10.5. The van der Waals surface area contributed by atoms with Crippen LogP contribution in [0.15, 0.2) is 32.0 Å². The van der Waals surface area contributed by atoms with Crippen molar-refractivity contribution < 1.29 is 28.1 Å². The fourth-order valence-electron chi connectivity index (χ4n) is 2.91. The third-order valence-electron chi connectivity index (χ3n) is 4.46. The number of carbonyl (C=O) groups excluding carboxylic acids is 1. The van der Waals surface area contributed by atoms with Crippen LogP contribution in [-0.4, -0.2) is 45.8 Å². The Labute approximate surface area is 189 Å². The summed E-state index contributed by atoms with van der Waals surface area (Å²) in [4.78, 5) is 28.8. The molecule has 3 aromatic rings. The average molecular weight is 461 g/mol. The normalized spacial score (nSPS) is 11.8. The van der Waals surface area contributed by atoms with Gasteiger partial charge in [-0.3, -0.25) is 4.52 Å². The molecular weight excluding hydrogens is 434 g/mol. The summed E-state index contributed by atoms with van der Waals surface area (Å²) in [5.74, 6) is 0.862. The molecule has 0 radical (unpaired) electrons. The van der Waals surface area contributed by atoms with Crippen LogP contribution in [0.25, 0.3) is 11.4 Å². The van der Waals surface area contributed by atoms with Crippen LogP contribution in [0.2, 0.25) is 0 Å². The smallest absolute Gasteiger partial charge is 0.442 e. The molecule has 33 heavy (non-hydrogen) atoms. The summed E-state index contributed by atoms with van der Waals surface area (Å²) in [6.45, 7) is 8.59. The topological polar surface area (TPSA) is 144 Å². The lowest BCUT2D eigenvalue weighted by molar-refractivity contribution is 0.0465. The van der Waals surface area contributed by atoms with Crippen molar-refractivity contribution in [2.75, 3.05) is 14.2 Å². The van der Waals surface area contributed by atoms with Crippen LogP contribution in [0.4, 0.5) is 4.79 Å². The van der Waals surface area contributed by atoms with Crippen LogP contribution in [-0.2, 0) is 16.8 Å². The molecule has 0 aliphatic heterocycles. The quantitative estimate of drug-likeness (QED) is 0.557. The number of methoxy groups -OCH3 is 2. The van der Waals surface area contributed by atoms with Crippen LogP contribution in [0, 0.1) is 0 Å². The monoisotopic (exact) mass is 461 g/mol. The molecule has 0 aliphatic rings. The number of nitrogens with zero attached hydrogens (tertiary/aromatic N) is 4. The summed E-state index contributed by atoms with van der Waals surface area (Å²) in [6, 6.07) is 5.06. The Morgan fingerprint density at radius 2 is 1.76 bits per heavy atom. The molecule has 0 aliphatic carbocycles. The molecule has 1 N–H and O–H groups in total. The number of rotatable bonds is 7. The average Bonchev–Trinajstić information content (AvgIpc) is 3.34. The second-order valence-corrected chi connectivity index (χ2v) is 8.69. The maximum absolute atomic E-state index is 12.3. The molecule has 1 aromatic carbocycles. The number of carbonyl (C=O) groups is 1. The fraction of sp³-hybridized carbons (Fsp3) is 0.476. The Hall–Kier alpha value is -3.83. The first-order valence-electron chi connectivity index (χ1n) is 10.1. The highest BCUT2D eigenvalue weighted by atomic mass is 16.6. The molecular formula is C21H27N5O7. The number of amides is 1. The van der Waals surface area contributed by atoms with Crippen LogP contribution in [0.1, 0.15) is 46.3 Å². The molecule has 0 saturated heterocycles. The maximum Gasteiger partial charge on any atom is 0.442 e. The van der Waals surface area contributed by atoms with Crippen molar-refractivity contribution >= 4 is 6.09 Å². The van der Waals surface area contributed by atoms with Gasteiger partial charge in [0.1, 0.15) is 17.7 Å². The zero-order valence-electron chi connectivity index (χ0n) is 19.6. The van der Waals surface area contributed by atoms with Gasteiger partial charge in [0.25, 0.3) is 0 Å². The summed E-state index contributed by atoms with van der Waals surface area (Å²) in [5.41, 5.74) is -1.08. The van der Waals surface area contributed by atoms with E-state index < -0.39 is 23.0 Å². The SMILES string of the molecule is COc1ccc(-c2noc(=O)n2Cc2nc(C(C)(C)NC(=O)OC(C)(C)C)no2)cc1OC. The number of hydrogen-bond acceptors (Lipinski definition) is 10. The van der Waals surface area contributed by atoms with Crippen LogP contribution in [0.3, 0.4) is 0 Å². The minimum absolute atomic E-state index is 0.0957. The van der Waals surface area contributed by atoms with E-state index in [-0.39, 0.29) is 24.1 Å². The lowest BCUT2D eigenvalue weighted by Crippen LogP contribution is -2.44. The highest BCUT2D eigenvalue weighted by Gasteiger charge is 2.31. The molecule has 0 spiro atoms. The van der Waals surface area contributed by atoms with E-state index in [0.717, 1.165) is 0 Å². The van der Waals surface area contributed by atoms with Gasteiger partial charge in [-0.2, -0.15) is 4.98 Å². The van der Waals surface area contributed by atoms with Crippen molar-refractivity contribution in [2.24, 2.45) is 0 Å². The van der Waals surface area contributed by atoms with E-state index in [4.69, 9.17) is 23.3 Å². The third-order valence-corrected chi connectivity index (χ3v) is 4.46. The van der Waals surface area contributed by atoms with Gasteiger partial charge < -0.3 is 24.1 Å². The van der Waals surface area contributed by atoms with Gasteiger partial charge in [0.15, 0.2) is 23.1 Å². The minimum Gasteiger partial charge on any atom is -0.493 e. The molecule has 3 rings (SSSR count). The number of hydrogen-bond donors (Lipinski definition) is 1. The number of alkyl carbamates (subject to hydrolysis) is 1. The molecule has 2 heterocycles. The lowest BCUT2D eigenvalue weighted by Gasteiger charge is -2.26. The van der Waals surface area contributed by atoms with Crippen LogP contribution >= 0.6 is 0 Å². The zero-order chi connectivity index (χ0) is 24.4. The summed E-state index contributed by atoms with van der Waals surface area (Å²) in [7, 11) is 3.03. The van der Waals surface area contributed by atoms with Gasteiger partial charge in [-0.15, -0.1) is 0 Å². The lowest BCUT2D eigenvalue weighted by atomic mass is 10.1. The third kappa shape index (κ3) is 5.51. The van der Waals surface area contributed by atoms with Gasteiger partial charge in [0.2, 0.25) is 5.89 Å². The van der Waals surface area contributed by atoms with E-state index in [2.05, 4.69) is 20.6 Å². The van der Waals surface area contributed by atoms with Crippen LogP contribution in [0.5, 0.6) is 11.5 Å². The second kappa shape index (κ2) is 8.96.